The number of fused-ring (bicyclic) bond motifs is 1. The highest BCUT2D eigenvalue weighted by molar-refractivity contribution is 9.10. The van der Waals surface area contributed by atoms with Crippen LogP contribution in [0.3, 0.4) is 0 Å². The van der Waals surface area contributed by atoms with Gasteiger partial charge in [0.15, 0.2) is 0 Å². The van der Waals surface area contributed by atoms with E-state index in [0.29, 0.717) is 0 Å². The Labute approximate surface area is 108 Å². The van der Waals surface area contributed by atoms with Crippen molar-refractivity contribution < 1.29 is 9.08 Å². The van der Waals surface area contributed by atoms with Crippen LogP contribution in [0, 0.1) is 0 Å². The molecule has 1 aliphatic rings. The van der Waals surface area contributed by atoms with Gasteiger partial charge in [-0.2, -0.15) is 0 Å². The summed E-state index contributed by atoms with van der Waals surface area (Å²) >= 11 is 8.38. The summed E-state index contributed by atoms with van der Waals surface area (Å²) in [6, 6.07) is 1.98. The summed E-state index contributed by atoms with van der Waals surface area (Å²) in [5.41, 5.74) is 1.88. The number of pyridine rings is 1. The summed E-state index contributed by atoms with van der Waals surface area (Å²) in [7, 11) is 0. The average molecular weight is 307 g/mol. The lowest BCUT2D eigenvalue weighted by Crippen LogP contribution is -2.10. The van der Waals surface area contributed by atoms with Crippen LogP contribution in [0.2, 0.25) is 0 Å². The Balaban J connectivity index is 0.000000606. The maximum absolute atomic E-state index is 11.3. The van der Waals surface area contributed by atoms with Gasteiger partial charge < -0.3 is 4.29 Å². The van der Waals surface area contributed by atoms with Crippen molar-refractivity contribution in [3.63, 3.8) is 0 Å². The van der Waals surface area contributed by atoms with E-state index in [1.54, 1.807) is 6.20 Å². The lowest BCUT2D eigenvalue weighted by Gasteiger charge is -2.05. The minimum Gasteiger partial charge on any atom is -0.347 e. The Morgan fingerprint density at radius 3 is 2.94 bits per heavy atom. The lowest BCUT2D eigenvalue weighted by molar-refractivity contribution is -0.135. The quantitative estimate of drug-likeness (QED) is 0.796. The number of hydrogen-bond acceptors (Lipinski definition) is 3. The van der Waals surface area contributed by atoms with Crippen LogP contribution in [0.25, 0.3) is 0 Å². The van der Waals surface area contributed by atoms with Gasteiger partial charge >= 0.3 is 5.97 Å². The summed E-state index contributed by atoms with van der Waals surface area (Å²) in [6.07, 6.45) is 3.25. The molecule has 0 amide bonds. The highest BCUT2D eigenvalue weighted by Crippen LogP contribution is 2.33. The van der Waals surface area contributed by atoms with Crippen molar-refractivity contribution in [2.24, 2.45) is 0 Å². The molecule has 0 spiro atoms. The van der Waals surface area contributed by atoms with Gasteiger partial charge in [0.1, 0.15) is 17.8 Å². The molecule has 0 aromatic carbocycles. The second-order valence-corrected chi connectivity index (χ2v) is 4.26. The van der Waals surface area contributed by atoms with Crippen molar-refractivity contribution in [3.05, 3.63) is 28.0 Å². The summed E-state index contributed by atoms with van der Waals surface area (Å²) in [4.78, 5) is 15.5. The maximum atomic E-state index is 11.3. The SMILES string of the molecule is CC.O=C(OCl)C1CCc2cc(Br)cnc21. The number of aromatic nitrogens is 1. The highest BCUT2D eigenvalue weighted by atomic mass is 79.9. The first-order valence-electron chi connectivity index (χ1n) is 5.19. The third kappa shape index (κ3) is 2.74. The van der Waals surface area contributed by atoms with Crippen molar-refractivity contribution in [1.29, 1.82) is 0 Å². The van der Waals surface area contributed by atoms with E-state index in [1.807, 2.05) is 19.9 Å². The summed E-state index contributed by atoms with van der Waals surface area (Å²) in [5, 5.41) is 0. The second-order valence-electron chi connectivity index (χ2n) is 3.19. The normalized spacial score (nSPS) is 17.1. The Hall–Kier alpha value is -0.610. The Bertz CT molecular complexity index is 384. The number of hydrogen-bond donors (Lipinski definition) is 0. The minimum absolute atomic E-state index is 0.296. The molecule has 1 unspecified atom stereocenters. The van der Waals surface area contributed by atoms with Crippen LogP contribution in [-0.2, 0) is 15.5 Å². The van der Waals surface area contributed by atoms with Crippen molar-refractivity contribution in [3.8, 4) is 0 Å². The fraction of sp³-hybridized carbons (Fsp3) is 0.455. The molecule has 0 aliphatic heterocycles. The first kappa shape index (κ1) is 13.5. The van der Waals surface area contributed by atoms with Crippen molar-refractivity contribution >= 4 is 33.8 Å². The third-order valence-electron chi connectivity index (χ3n) is 2.36. The van der Waals surface area contributed by atoms with E-state index in [1.165, 1.54) is 0 Å². The lowest BCUT2D eigenvalue weighted by atomic mass is 10.1. The molecule has 5 heteroatoms. The van der Waals surface area contributed by atoms with Gasteiger partial charge in [-0.05, 0) is 40.4 Å². The van der Waals surface area contributed by atoms with Crippen LogP contribution < -0.4 is 0 Å². The number of rotatable bonds is 1. The molecule has 1 aromatic heterocycles. The van der Waals surface area contributed by atoms with Crippen LogP contribution in [0.4, 0.5) is 0 Å². The molecule has 1 aromatic rings. The molecule has 0 saturated carbocycles. The molecule has 2 rings (SSSR count). The fourth-order valence-electron chi connectivity index (χ4n) is 1.73. The number of carbonyl (C=O) groups is 1. The highest BCUT2D eigenvalue weighted by Gasteiger charge is 2.31. The van der Waals surface area contributed by atoms with Gasteiger partial charge in [0.2, 0.25) is 0 Å². The van der Waals surface area contributed by atoms with Gasteiger partial charge in [-0.1, -0.05) is 13.8 Å². The standard InChI is InChI=1S/C9H7BrClNO2.C2H6/c10-6-3-5-1-2-7(9(13)14-11)8(5)12-4-6;1-2/h3-4,7H,1-2H2;1-2H3. The molecular weight excluding hydrogens is 293 g/mol. The molecule has 1 atom stereocenters. The largest absolute Gasteiger partial charge is 0.347 e. The number of aryl methyl sites for hydroxylation is 1. The Kier molecular flexibility index (Phi) is 5.22. The molecule has 0 N–H and O–H groups in total. The predicted octanol–water partition coefficient (Wildman–Crippen LogP) is 3.60. The molecule has 16 heavy (non-hydrogen) atoms. The predicted molar refractivity (Wildman–Crippen MR) is 66.3 cm³/mol. The monoisotopic (exact) mass is 305 g/mol. The Morgan fingerprint density at radius 2 is 2.31 bits per heavy atom. The number of halogens is 2. The average Bonchev–Trinajstić information content (AvgIpc) is 2.73. The van der Waals surface area contributed by atoms with Crippen molar-refractivity contribution in [2.45, 2.75) is 32.6 Å². The summed E-state index contributed by atoms with van der Waals surface area (Å²) < 4.78 is 5.13. The van der Waals surface area contributed by atoms with E-state index in [2.05, 4.69) is 25.2 Å². The van der Waals surface area contributed by atoms with Gasteiger partial charge in [0.25, 0.3) is 0 Å². The van der Waals surface area contributed by atoms with Crippen molar-refractivity contribution in [2.75, 3.05) is 0 Å². The zero-order valence-electron chi connectivity index (χ0n) is 9.17. The van der Waals surface area contributed by atoms with Gasteiger partial charge in [0, 0.05) is 10.7 Å². The number of carbonyl (C=O) groups excluding carboxylic acids is 1. The Morgan fingerprint density at radius 1 is 1.62 bits per heavy atom. The van der Waals surface area contributed by atoms with Crippen molar-refractivity contribution in [1.82, 2.24) is 4.98 Å². The minimum atomic E-state index is -0.416. The molecular formula is C11H13BrClNO2. The van der Waals surface area contributed by atoms with E-state index in [-0.39, 0.29) is 5.92 Å². The molecule has 0 saturated heterocycles. The molecule has 0 radical (unpaired) electrons. The van der Waals surface area contributed by atoms with Crippen LogP contribution in [0.1, 0.15) is 37.4 Å². The summed E-state index contributed by atoms with van der Waals surface area (Å²) in [5.74, 6) is -0.712. The van der Waals surface area contributed by atoms with E-state index >= 15 is 0 Å². The number of nitrogens with zero attached hydrogens (tertiary/aromatic N) is 1. The molecule has 1 heterocycles. The van der Waals surface area contributed by atoms with Crippen LogP contribution in [0.5, 0.6) is 0 Å². The van der Waals surface area contributed by atoms with E-state index in [4.69, 9.17) is 11.9 Å². The smallest absolute Gasteiger partial charge is 0.333 e. The first-order valence-corrected chi connectivity index (χ1v) is 6.29. The second kappa shape index (κ2) is 6.21. The van der Waals surface area contributed by atoms with Crippen LogP contribution >= 0.6 is 27.8 Å². The molecule has 1 aliphatic carbocycles. The van der Waals surface area contributed by atoms with Crippen LogP contribution in [0.15, 0.2) is 16.7 Å². The fourth-order valence-corrected chi connectivity index (χ4v) is 2.21. The first-order chi connectivity index (χ1) is 7.72. The summed E-state index contributed by atoms with van der Waals surface area (Å²) in [6.45, 7) is 4.00. The van der Waals surface area contributed by atoms with Gasteiger partial charge in [-0.25, -0.2) is 4.79 Å². The van der Waals surface area contributed by atoms with E-state index < -0.39 is 5.97 Å². The van der Waals surface area contributed by atoms with Crippen LogP contribution in [-0.4, -0.2) is 11.0 Å². The zero-order chi connectivity index (χ0) is 12.1. The molecule has 3 nitrogen and oxygen atoms in total. The van der Waals surface area contributed by atoms with E-state index in [9.17, 15) is 4.79 Å². The van der Waals surface area contributed by atoms with E-state index in [0.717, 1.165) is 28.6 Å². The molecule has 0 bridgehead atoms. The molecule has 88 valence electrons. The zero-order valence-corrected chi connectivity index (χ0v) is 11.5. The van der Waals surface area contributed by atoms with Gasteiger partial charge in [-0.15, -0.1) is 0 Å². The topological polar surface area (TPSA) is 39.2 Å². The van der Waals surface area contributed by atoms with Gasteiger partial charge in [-0.3, -0.25) is 4.98 Å². The molecule has 0 fully saturated rings. The third-order valence-corrected chi connectivity index (χ3v) is 2.95. The van der Waals surface area contributed by atoms with Gasteiger partial charge in [0.05, 0.1) is 5.69 Å². The maximum Gasteiger partial charge on any atom is 0.333 e.